The SMILES string of the molecule is CC(C)c1cc(NS(=O)(=O)c2cccc(Cl)c2F)n[nH]1. The van der Waals surface area contributed by atoms with Crippen LogP contribution in [0.2, 0.25) is 5.02 Å². The van der Waals surface area contributed by atoms with Crippen LogP contribution in [0.5, 0.6) is 0 Å². The second-order valence-corrected chi connectivity index (χ2v) is 6.58. The molecular weight excluding hydrogens is 305 g/mol. The highest BCUT2D eigenvalue weighted by Gasteiger charge is 2.22. The van der Waals surface area contributed by atoms with Gasteiger partial charge in [-0.05, 0) is 18.1 Å². The lowest BCUT2D eigenvalue weighted by atomic mass is 10.1. The Morgan fingerprint density at radius 3 is 2.70 bits per heavy atom. The fourth-order valence-corrected chi connectivity index (χ4v) is 2.89. The zero-order valence-corrected chi connectivity index (χ0v) is 12.4. The van der Waals surface area contributed by atoms with E-state index in [-0.39, 0.29) is 16.8 Å². The summed E-state index contributed by atoms with van der Waals surface area (Å²) in [6, 6.07) is 5.34. The van der Waals surface area contributed by atoms with Gasteiger partial charge >= 0.3 is 0 Å². The molecule has 108 valence electrons. The topological polar surface area (TPSA) is 74.8 Å². The van der Waals surface area contributed by atoms with Crippen molar-refractivity contribution in [1.29, 1.82) is 0 Å². The summed E-state index contributed by atoms with van der Waals surface area (Å²) in [5.41, 5.74) is 0.772. The molecule has 1 aromatic heterocycles. The molecule has 1 heterocycles. The van der Waals surface area contributed by atoms with Gasteiger partial charge in [-0.25, -0.2) is 12.8 Å². The Hall–Kier alpha value is -1.60. The van der Waals surface area contributed by atoms with Gasteiger partial charge in [0.2, 0.25) is 0 Å². The van der Waals surface area contributed by atoms with Crippen LogP contribution >= 0.6 is 11.6 Å². The third-order valence-corrected chi connectivity index (χ3v) is 4.33. The minimum Gasteiger partial charge on any atom is -0.280 e. The van der Waals surface area contributed by atoms with E-state index in [1.807, 2.05) is 13.8 Å². The maximum atomic E-state index is 13.8. The van der Waals surface area contributed by atoms with Gasteiger partial charge in [0.25, 0.3) is 10.0 Å². The molecule has 20 heavy (non-hydrogen) atoms. The predicted octanol–water partition coefficient (Wildman–Crippen LogP) is 3.13. The quantitative estimate of drug-likeness (QED) is 0.909. The zero-order valence-electron chi connectivity index (χ0n) is 10.8. The van der Waals surface area contributed by atoms with Crippen LogP contribution in [0, 0.1) is 5.82 Å². The Morgan fingerprint density at radius 1 is 1.40 bits per heavy atom. The number of aromatic amines is 1. The van der Waals surface area contributed by atoms with Crippen molar-refractivity contribution >= 4 is 27.4 Å². The van der Waals surface area contributed by atoms with Gasteiger partial charge in [0.15, 0.2) is 11.6 Å². The summed E-state index contributed by atoms with van der Waals surface area (Å²) in [4.78, 5) is -0.515. The first-order valence-electron chi connectivity index (χ1n) is 5.83. The van der Waals surface area contributed by atoms with Crippen LogP contribution in [-0.2, 0) is 10.0 Å². The van der Waals surface area contributed by atoms with Gasteiger partial charge in [-0.1, -0.05) is 31.5 Å². The lowest BCUT2D eigenvalue weighted by Gasteiger charge is -2.07. The molecule has 0 saturated carbocycles. The fraction of sp³-hybridized carbons (Fsp3) is 0.250. The number of hydrogen-bond acceptors (Lipinski definition) is 3. The predicted molar refractivity (Wildman–Crippen MR) is 74.9 cm³/mol. The summed E-state index contributed by atoms with van der Waals surface area (Å²) < 4.78 is 40.1. The van der Waals surface area contributed by atoms with Crippen molar-refractivity contribution in [3.05, 3.63) is 40.8 Å². The van der Waals surface area contributed by atoms with E-state index in [4.69, 9.17) is 11.6 Å². The molecule has 0 unspecified atom stereocenters. The van der Waals surface area contributed by atoms with Gasteiger partial charge in [-0.3, -0.25) is 9.82 Å². The first kappa shape index (κ1) is 14.8. The molecule has 0 fully saturated rings. The molecule has 0 amide bonds. The summed E-state index contributed by atoms with van der Waals surface area (Å²) in [6.07, 6.45) is 0. The Labute approximate surface area is 121 Å². The van der Waals surface area contributed by atoms with E-state index in [0.29, 0.717) is 0 Å². The van der Waals surface area contributed by atoms with Crippen LogP contribution in [0.3, 0.4) is 0 Å². The molecule has 0 saturated heterocycles. The molecule has 0 aliphatic rings. The van der Waals surface area contributed by atoms with Crippen LogP contribution < -0.4 is 4.72 Å². The third-order valence-electron chi connectivity index (χ3n) is 2.66. The van der Waals surface area contributed by atoms with E-state index in [1.54, 1.807) is 6.07 Å². The molecule has 0 radical (unpaired) electrons. The van der Waals surface area contributed by atoms with Crippen LogP contribution in [0.1, 0.15) is 25.5 Å². The Morgan fingerprint density at radius 2 is 2.10 bits per heavy atom. The van der Waals surface area contributed by atoms with Crippen molar-refractivity contribution in [2.45, 2.75) is 24.7 Å². The molecule has 0 aliphatic carbocycles. The standard InChI is InChI=1S/C12H13ClFN3O2S/c1-7(2)9-6-11(16-15-9)17-20(18,19)10-5-3-4-8(13)12(10)14/h3-7H,1-2H3,(H2,15,16,17). The van der Waals surface area contributed by atoms with E-state index < -0.39 is 20.7 Å². The molecule has 0 atom stereocenters. The minimum atomic E-state index is -4.07. The first-order chi connectivity index (χ1) is 9.31. The number of benzene rings is 1. The largest absolute Gasteiger partial charge is 0.280 e. The molecule has 0 spiro atoms. The van der Waals surface area contributed by atoms with Gasteiger partial charge in [0.05, 0.1) is 5.02 Å². The van der Waals surface area contributed by atoms with Crippen molar-refractivity contribution in [2.75, 3.05) is 4.72 Å². The van der Waals surface area contributed by atoms with Gasteiger partial charge in [-0.2, -0.15) is 5.10 Å². The zero-order chi connectivity index (χ0) is 14.9. The number of H-pyrrole nitrogens is 1. The number of aromatic nitrogens is 2. The molecule has 1 aromatic carbocycles. The number of hydrogen-bond donors (Lipinski definition) is 2. The second-order valence-electron chi connectivity index (χ2n) is 4.52. The van der Waals surface area contributed by atoms with Crippen LogP contribution in [0.25, 0.3) is 0 Å². The molecule has 5 nitrogen and oxygen atoms in total. The monoisotopic (exact) mass is 317 g/mol. The van der Waals surface area contributed by atoms with Crippen molar-refractivity contribution in [2.24, 2.45) is 0 Å². The molecular formula is C12H13ClFN3O2S. The number of nitrogens with zero attached hydrogens (tertiary/aromatic N) is 1. The normalized spacial score (nSPS) is 11.8. The molecule has 2 rings (SSSR count). The minimum absolute atomic E-state index is 0.105. The summed E-state index contributed by atoms with van der Waals surface area (Å²) in [6.45, 7) is 3.87. The summed E-state index contributed by atoms with van der Waals surface area (Å²) >= 11 is 5.58. The van der Waals surface area contributed by atoms with Gasteiger partial charge in [0, 0.05) is 11.8 Å². The van der Waals surface area contributed by atoms with Gasteiger partial charge in [0.1, 0.15) is 4.90 Å². The van der Waals surface area contributed by atoms with Crippen molar-refractivity contribution in [3.8, 4) is 0 Å². The van der Waals surface area contributed by atoms with Crippen LogP contribution in [-0.4, -0.2) is 18.6 Å². The van der Waals surface area contributed by atoms with E-state index in [1.165, 1.54) is 12.1 Å². The van der Waals surface area contributed by atoms with E-state index in [0.717, 1.165) is 11.8 Å². The lowest BCUT2D eigenvalue weighted by Crippen LogP contribution is -2.15. The Bertz CT molecular complexity index is 728. The van der Waals surface area contributed by atoms with Crippen molar-refractivity contribution < 1.29 is 12.8 Å². The smallest absolute Gasteiger partial charge is 0.266 e. The van der Waals surface area contributed by atoms with Crippen LogP contribution in [0.4, 0.5) is 10.2 Å². The maximum absolute atomic E-state index is 13.8. The maximum Gasteiger partial charge on any atom is 0.266 e. The third kappa shape index (κ3) is 2.94. The highest BCUT2D eigenvalue weighted by Crippen LogP contribution is 2.24. The average Bonchev–Trinajstić information content (AvgIpc) is 2.80. The van der Waals surface area contributed by atoms with E-state index in [9.17, 15) is 12.8 Å². The molecule has 0 aliphatic heterocycles. The number of rotatable bonds is 4. The van der Waals surface area contributed by atoms with Gasteiger partial charge < -0.3 is 0 Å². The average molecular weight is 318 g/mol. The summed E-state index contributed by atoms with van der Waals surface area (Å²) in [5.74, 6) is -0.710. The van der Waals surface area contributed by atoms with Crippen molar-refractivity contribution in [1.82, 2.24) is 10.2 Å². The Kier molecular flexibility index (Phi) is 4.01. The van der Waals surface area contributed by atoms with Crippen molar-refractivity contribution in [3.63, 3.8) is 0 Å². The number of sulfonamides is 1. The molecule has 8 heteroatoms. The number of nitrogens with one attached hydrogen (secondary N) is 2. The Balaban J connectivity index is 2.33. The summed E-state index contributed by atoms with van der Waals surface area (Å²) in [5, 5.41) is 6.29. The van der Waals surface area contributed by atoms with Gasteiger partial charge in [-0.15, -0.1) is 0 Å². The lowest BCUT2D eigenvalue weighted by molar-refractivity contribution is 0.570. The highest BCUT2D eigenvalue weighted by molar-refractivity contribution is 7.92. The molecule has 2 N–H and O–H groups in total. The van der Waals surface area contributed by atoms with Crippen LogP contribution in [0.15, 0.2) is 29.2 Å². The first-order valence-corrected chi connectivity index (χ1v) is 7.69. The highest BCUT2D eigenvalue weighted by atomic mass is 35.5. The fourth-order valence-electron chi connectivity index (χ4n) is 1.57. The second kappa shape index (κ2) is 5.41. The molecule has 0 bridgehead atoms. The number of anilines is 1. The summed E-state index contributed by atoms with van der Waals surface area (Å²) in [7, 11) is -4.07. The van der Waals surface area contributed by atoms with E-state index >= 15 is 0 Å². The number of halogens is 2. The van der Waals surface area contributed by atoms with E-state index in [2.05, 4.69) is 14.9 Å². The molecule has 2 aromatic rings.